The summed E-state index contributed by atoms with van der Waals surface area (Å²) in [7, 11) is 0. The average molecular weight is 371 g/mol. The summed E-state index contributed by atoms with van der Waals surface area (Å²) in [6.07, 6.45) is 4.18. The van der Waals surface area contributed by atoms with E-state index in [4.69, 9.17) is 0 Å². The number of hydrogen-bond donors (Lipinski definition) is 1. The lowest BCUT2D eigenvalue weighted by Crippen LogP contribution is -2.39. The van der Waals surface area contributed by atoms with Crippen LogP contribution in [0.25, 0.3) is 11.3 Å². The molecule has 0 bridgehead atoms. The Balaban J connectivity index is 1.60. The molecule has 1 atom stereocenters. The molecule has 1 aliphatic rings. The van der Waals surface area contributed by atoms with Gasteiger partial charge in [0.15, 0.2) is 11.6 Å². The molecule has 0 saturated heterocycles. The van der Waals surface area contributed by atoms with Crippen molar-refractivity contribution in [3.8, 4) is 11.3 Å². The van der Waals surface area contributed by atoms with Gasteiger partial charge in [0.2, 0.25) is 5.91 Å². The van der Waals surface area contributed by atoms with Gasteiger partial charge in [0.25, 0.3) is 0 Å². The second-order valence-corrected chi connectivity index (χ2v) is 6.84. The third-order valence-electron chi connectivity index (χ3n) is 4.92. The highest BCUT2D eigenvalue weighted by Gasteiger charge is 2.29. The lowest BCUT2D eigenvalue weighted by atomic mass is 10.0. The number of carbonyl (C=O) groups is 1. The van der Waals surface area contributed by atoms with Gasteiger partial charge in [-0.1, -0.05) is 0 Å². The van der Waals surface area contributed by atoms with Crippen LogP contribution < -0.4 is 0 Å². The van der Waals surface area contributed by atoms with Crippen LogP contribution in [0.5, 0.6) is 0 Å². The summed E-state index contributed by atoms with van der Waals surface area (Å²) >= 11 is 0. The fourth-order valence-electron chi connectivity index (χ4n) is 3.39. The number of hydrogen-bond acceptors (Lipinski definition) is 3. The number of aromatic amines is 1. The van der Waals surface area contributed by atoms with E-state index in [0.29, 0.717) is 30.8 Å². The molecule has 8 heteroatoms. The van der Waals surface area contributed by atoms with Crippen LogP contribution in [-0.2, 0) is 17.8 Å². The number of nitrogens with zero attached hydrogens (tertiary/aromatic N) is 4. The molecular formula is C19H19F2N5O. The molecule has 27 heavy (non-hydrogen) atoms. The van der Waals surface area contributed by atoms with E-state index in [1.54, 1.807) is 15.8 Å². The van der Waals surface area contributed by atoms with Gasteiger partial charge in [0.05, 0.1) is 11.9 Å². The van der Waals surface area contributed by atoms with Crippen molar-refractivity contribution < 1.29 is 13.6 Å². The zero-order valence-electron chi connectivity index (χ0n) is 15.0. The van der Waals surface area contributed by atoms with Gasteiger partial charge in [-0.05, 0) is 37.6 Å². The lowest BCUT2D eigenvalue weighted by molar-refractivity contribution is -0.135. The molecule has 1 aromatic carbocycles. The highest BCUT2D eigenvalue weighted by molar-refractivity contribution is 5.80. The van der Waals surface area contributed by atoms with E-state index in [2.05, 4.69) is 15.3 Å². The Bertz CT molecular complexity index is 1010. The fraction of sp³-hybridized carbons (Fsp3) is 0.316. The van der Waals surface area contributed by atoms with E-state index < -0.39 is 17.7 Å². The van der Waals surface area contributed by atoms with E-state index in [-0.39, 0.29) is 5.91 Å². The highest BCUT2D eigenvalue weighted by atomic mass is 19.2. The number of nitrogens with one attached hydrogen (secondary N) is 1. The lowest BCUT2D eigenvalue weighted by Gasteiger charge is -2.29. The van der Waals surface area contributed by atoms with Crippen molar-refractivity contribution >= 4 is 5.91 Å². The normalized spacial score (nSPS) is 14.9. The molecule has 3 heterocycles. The molecule has 1 amide bonds. The monoisotopic (exact) mass is 371 g/mol. The van der Waals surface area contributed by atoms with Gasteiger partial charge in [-0.2, -0.15) is 10.2 Å². The standard InChI is InChI=1S/C19H19F2N5O/c1-11-8-22-26(9-11)12(2)19(27)25-6-5-17-14(10-25)18(24-23-17)13-3-4-15(20)16(21)7-13/h3-4,7-9,12H,5-6,10H2,1-2H3,(H,23,24)/t12-/m0/s1. The Morgan fingerprint density at radius 2 is 2.11 bits per heavy atom. The number of fused-ring (bicyclic) bond motifs is 1. The minimum absolute atomic E-state index is 0.0406. The Kier molecular flexibility index (Phi) is 4.25. The predicted octanol–water partition coefficient (Wildman–Crippen LogP) is 3.01. The Hall–Kier alpha value is -3.03. The van der Waals surface area contributed by atoms with E-state index in [1.165, 1.54) is 6.07 Å². The number of aryl methyl sites for hydroxylation is 1. The zero-order chi connectivity index (χ0) is 19.1. The Morgan fingerprint density at radius 3 is 2.81 bits per heavy atom. The van der Waals surface area contributed by atoms with E-state index in [1.807, 2.05) is 20.0 Å². The summed E-state index contributed by atoms with van der Waals surface area (Å²) < 4.78 is 28.5. The Morgan fingerprint density at radius 1 is 1.30 bits per heavy atom. The molecule has 2 aromatic heterocycles. The van der Waals surface area contributed by atoms with Gasteiger partial charge >= 0.3 is 0 Å². The van der Waals surface area contributed by atoms with Gasteiger partial charge in [0, 0.05) is 42.5 Å². The van der Waals surface area contributed by atoms with Crippen LogP contribution in [0.4, 0.5) is 8.78 Å². The first-order chi connectivity index (χ1) is 12.9. The maximum atomic E-state index is 13.6. The topological polar surface area (TPSA) is 66.8 Å². The smallest absolute Gasteiger partial charge is 0.247 e. The first kappa shape index (κ1) is 17.4. The highest BCUT2D eigenvalue weighted by Crippen LogP contribution is 2.30. The van der Waals surface area contributed by atoms with Crippen molar-refractivity contribution in [3.05, 3.63) is 59.0 Å². The number of halogens is 2. The molecule has 0 aliphatic carbocycles. The van der Waals surface area contributed by atoms with Crippen molar-refractivity contribution in [3.63, 3.8) is 0 Å². The molecular weight excluding hydrogens is 352 g/mol. The van der Waals surface area contributed by atoms with Crippen LogP contribution in [-0.4, -0.2) is 37.3 Å². The van der Waals surface area contributed by atoms with Gasteiger partial charge in [-0.15, -0.1) is 0 Å². The number of aromatic nitrogens is 4. The SMILES string of the molecule is Cc1cnn([C@@H](C)C(=O)N2CCc3[nH]nc(-c4ccc(F)c(F)c4)c3C2)c1. The van der Waals surface area contributed by atoms with Crippen LogP contribution >= 0.6 is 0 Å². The summed E-state index contributed by atoms with van der Waals surface area (Å²) in [6.45, 7) is 4.67. The minimum Gasteiger partial charge on any atom is -0.336 e. The summed E-state index contributed by atoms with van der Waals surface area (Å²) in [5.74, 6) is -1.86. The third kappa shape index (κ3) is 3.11. The van der Waals surface area contributed by atoms with Crippen LogP contribution in [0.1, 0.15) is 29.8 Å². The quantitative estimate of drug-likeness (QED) is 0.770. The van der Waals surface area contributed by atoms with Crippen molar-refractivity contribution in [2.24, 2.45) is 0 Å². The second kappa shape index (κ2) is 6.61. The summed E-state index contributed by atoms with van der Waals surface area (Å²) in [6, 6.07) is 3.28. The van der Waals surface area contributed by atoms with Crippen molar-refractivity contribution in [1.29, 1.82) is 0 Å². The van der Waals surface area contributed by atoms with Crippen LogP contribution in [0, 0.1) is 18.6 Å². The van der Waals surface area contributed by atoms with Crippen LogP contribution in [0.15, 0.2) is 30.6 Å². The number of amides is 1. The molecule has 1 N–H and O–H groups in total. The zero-order valence-corrected chi connectivity index (χ0v) is 15.0. The first-order valence-corrected chi connectivity index (χ1v) is 8.75. The largest absolute Gasteiger partial charge is 0.336 e. The molecule has 0 fully saturated rings. The average Bonchev–Trinajstić information content (AvgIpc) is 3.28. The summed E-state index contributed by atoms with van der Waals surface area (Å²) in [4.78, 5) is 14.7. The van der Waals surface area contributed by atoms with Gasteiger partial charge in [-0.25, -0.2) is 8.78 Å². The van der Waals surface area contributed by atoms with E-state index in [0.717, 1.165) is 29.0 Å². The fourth-order valence-corrected chi connectivity index (χ4v) is 3.39. The van der Waals surface area contributed by atoms with E-state index >= 15 is 0 Å². The van der Waals surface area contributed by atoms with Crippen LogP contribution in [0.3, 0.4) is 0 Å². The molecule has 3 aromatic rings. The van der Waals surface area contributed by atoms with Crippen LogP contribution in [0.2, 0.25) is 0 Å². The molecule has 140 valence electrons. The molecule has 0 spiro atoms. The van der Waals surface area contributed by atoms with Gasteiger partial charge in [-0.3, -0.25) is 14.6 Å². The maximum absolute atomic E-state index is 13.6. The molecule has 0 saturated carbocycles. The first-order valence-electron chi connectivity index (χ1n) is 8.75. The van der Waals surface area contributed by atoms with Gasteiger partial charge in [0.1, 0.15) is 6.04 Å². The van der Waals surface area contributed by atoms with Crippen molar-refractivity contribution in [1.82, 2.24) is 24.9 Å². The maximum Gasteiger partial charge on any atom is 0.247 e. The molecule has 0 unspecified atom stereocenters. The number of benzene rings is 1. The third-order valence-corrected chi connectivity index (χ3v) is 4.92. The van der Waals surface area contributed by atoms with E-state index in [9.17, 15) is 13.6 Å². The number of carbonyl (C=O) groups excluding carboxylic acids is 1. The van der Waals surface area contributed by atoms with Crippen molar-refractivity contribution in [2.75, 3.05) is 6.54 Å². The summed E-state index contributed by atoms with van der Waals surface area (Å²) in [5.41, 5.74) is 3.78. The second-order valence-electron chi connectivity index (χ2n) is 6.84. The Labute approximate surface area is 154 Å². The molecule has 0 radical (unpaired) electrons. The molecule has 6 nitrogen and oxygen atoms in total. The van der Waals surface area contributed by atoms with Gasteiger partial charge < -0.3 is 4.90 Å². The minimum atomic E-state index is -0.921. The predicted molar refractivity (Wildman–Crippen MR) is 94.7 cm³/mol. The summed E-state index contributed by atoms with van der Waals surface area (Å²) in [5, 5.41) is 11.5. The number of rotatable bonds is 3. The molecule has 4 rings (SSSR count). The number of H-pyrrole nitrogens is 1. The van der Waals surface area contributed by atoms with Crippen molar-refractivity contribution in [2.45, 2.75) is 32.9 Å². The molecule has 1 aliphatic heterocycles.